The molecule has 6 heterocycles. The lowest BCUT2D eigenvalue weighted by atomic mass is 9.76. The number of hydrogen-bond acceptors (Lipinski definition) is 20. The Morgan fingerprint density at radius 3 is 1.21 bits per heavy atom. The van der Waals surface area contributed by atoms with E-state index in [0.29, 0.717) is 73.6 Å². The Labute approximate surface area is 602 Å². The van der Waals surface area contributed by atoms with Gasteiger partial charge in [-0.05, 0) is 169 Å². The number of carbonyl (C=O) groups is 6. The van der Waals surface area contributed by atoms with Gasteiger partial charge in [0.1, 0.15) is 35.8 Å². The summed E-state index contributed by atoms with van der Waals surface area (Å²) in [6, 6.07) is 9.28. The topological polar surface area (TPSA) is 271 Å². The molecule has 4 aliphatic heterocycles. The van der Waals surface area contributed by atoms with Gasteiger partial charge in [-0.2, -0.15) is 0 Å². The van der Waals surface area contributed by atoms with Crippen molar-refractivity contribution in [2.24, 2.45) is 22.7 Å². The number of likely N-dealkylation sites (tertiary alicyclic amines) is 2. The van der Waals surface area contributed by atoms with Crippen LogP contribution >= 0.6 is 0 Å². The predicted molar refractivity (Wildman–Crippen MR) is 389 cm³/mol. The number of rotatable bonds is 32. The fourth-order valence-electron chi connectivity index (χ4n) is 14.2. The van der Waals surface area contributed by atoms with Crippen LogP contribution in [-0.4, -0.2) is 272 Å². The van der Waals surface area contributed by atoms with E-state index in [-0.39, 0.29) is 93.0 Å². The molecule has 102 heavy (non-hydrogen) atoms. The lowest BCUT2D eigenvalue weighted by Gasteiger charge is -2.53. The molecule has 2 aromatic carbocycles. The van der Waals surface area contributed by atoms with E-state index in [2.05, 4.69) is 115 Å². The number of ether oxygens (including phenoxy) is 2. The second kappa shape index (κ2) is 37.9. The van der Waals surface area contributed by atoms with Crippen molar-refractivity contribution in [3.05, 3.63) is 84.0 Å². The van der Waals surface area contributed by atoms with Crippen molar-refractivity contribution in [1.29, 1.82) is 0 Å². The lowest BCUT2D eigenvalue weighted by Crippen LogP contribution is -2.62. The van der Waals surface area contributed by atoms with Crippen LogP contribution in [0.5, 0.6) is 23.3 Å². The molecule has 4 saturated heterocycles. The third-order valence-electron chi connectivity index (χ3n) is 20.3. The zero-order valence-electron chi connectivity index (χ0n) is 63.6. The summed E-state index contributed by atoms with van der Waals surface area (Å²) >= 11 is 0. The van der Waals surface area contributed by atoms with E-state index < -0.39 is 23.6 Å². The summed E-state index contributed by atoms with van der Waals surface area (Å²) in [4.78, 5) is 100. The van der Waals surface area contributed by atoms with Gasteiger partial charge in [-0.15, -0.1) is 20.4 Å². The average Bonchev–Trinajstić information content (AvgIpc) is 1.57. The first-order chi connectivity index (χ1) is 48.1. The Kier molecular flexibility index (Phi) is 30.8. The first-order valence-electron chi connectivity index (χ1n) is 36.0. The predicted octanol–water partition coefficient (Wildman–Crippen LogP) is 9.29. The quantitative estimate of drug-likeness (QED) is 0.0431. The highest BCUT2D eigenvalue weighted by Crippen LogP contribution is 2.47. The van der Waals surface area contributed by atoms with E-state index in [9.17, 15) is 37.5 Å². The van der Waals surface area contributed by atoms with Gasteiger partial charge < -0.3 is 58.9 Å². The molecule has 564 valence electrons. The molecule has 0 saturated carbocycles. The normalized spacial score (nSPS) is 16.7. The molecule has 2 spiro atoms. The van der Waals surface area contributed by atoms with Crippen molar-refractivity contribution >= 4 is 47.2 Å². The molecular weight excluding hydrogens is 1310 g/mol. The van der Waals surface area contributed by atoms with Gasteiger partial charge in [0.05, 0.1) is 11.1 Å². The van der Waals surface area contributed by atoms with E-state index in [1.165, 1.54) is 49.1 Å². The van der Waals surface area contributed by atoms with Crippen molar-refractivity contribution in [2.45, 2.75) is 171 Å². The molecule has 4 atom stereocenters. The Balaban J connectivity index is 0.000000289. The molecule has 4 amide bonds. The van der Waals surface area contributed by atoms with Crippen LogP contribution in [0.2, 0.25) is 0 Å². The SMILES string of the molecule is CCN(C(=O)c1cc(F)ccc1Oc1nncnc1N1CCC2(C1)CN([C@H](CCCN(C)[C@H](C)CC(=O)N(C)C)C(C)C)C2)C(C)C.CCN(C(=O)c1cc(F)ccc1Oc1nncnc1N1CCC2(C1)CN([C@H](CCCN(C)[C@H](C)CC(=O)N(C)C)C(C)C)C2)C(C)C.O=C(O)/C=C/C(=O)O. The third kappa shape index (κ3) is 22.7. The van der Waals surface area contributed by atoms with Gasteiger partial charge in [0.15, 0.2) is 11.6 Å². The molecule has 0 radical (unpaired) electrons. The number of amides is 4. The van der Waals surface area contributed by atoms with Gasteiger partial charge in [0, 0.05) is 166 Å². The average molecular weight is 1430 g/mol. The van der Waals surface area contributed by atoms with Crippen LogP contribution in [0.4, 0.5) is 20.4 Å². The smallest absolute Gasteiger partial charge is 0.328 e. The maximum absolute atomic E-state index is 14.3. The van der Waals surface area contributed by atoms with Crippen LogP contribution in [0.25, 0.3) is 0 Å². The molecule has 0 bridgehead atoms. The molecule has 0 aliphatic carbocycles. The number of halogens is 2. The van der Waals surface area contributed by atoms with Crippen molar-refractivity contribution in [2.75, 3.05) is 131 Å². The fourth-order valence-corrected chi connectivity index (χ4v) is 14.2. The second-order valence-corrected chi connectivity index (χ2v) is 29.7. The third-order valence-corrected chi connectivity index (χ3v) is 20.3. The summed E-state index contributed by atoms with van der Waals surface area (Å²) < 4.78 is 41.0. The van der Waals surface area contributed by atoms with Crippen molar-refractivity contribution in [3.63, 3.8) is 0 Å². The summed E-state index contributed by atoms with van der Waals surface area (Å²) in [6.07, 6.45) is 11.5. The van der Waals surface area contributed by atoms with Crippen molar-refractivity contribution in [3.8, 4) is 23.3 Å². The Bertz CT molecular complexity index is 3240. The molecule has 4 fully saturated rings. The van der Waals surface area contributed by atoms with Gasteiger partial charge in [-0.25, -0.2) is 28.3 Å². The second-order valence-electron chi connectivity index (χ2n) is 29.7. The highest BCUT2D eigenvalue weighted by molar-refractivity contribution is 5.98. The van der Waals surface area contributed by atoms with E-state index in [0.717, 1.165) is 104 Å². The molecule has 26 nitrogen and oxygen atoms in total. The number of aromatic nitrogens is 6. The van der Waals surface area contributed by atoms with E-state index >= 15 is 0 Å². The Morgan fingerprint density at radius 1 is 0.549 bits per heavy atom. The van der Waals surface area contributed by atoms with Gasteiger partial charge in [-0.3, -0.25) is 29.0 Å². The molecule has 28 heteroatoms. The number of aliphatic carboxylic acids is 2. The van der Waals surface area contributed by atoms with Gasteiger partial charge in [0.25, 0.3) is 23.6 Å². The van der Waals surface area contributed by atoms with Crippen molar-refractivity contribution in [1.82, 2.24) is 69.6 Å². The van der Waals surface area contributed by atoms with Crippen LogP contribution in [0.15, 0.2) is 61.2 Å². The largest absolute Gasteiger partial charge is 0.478 e. The molecule has 2 N–H and O–H groups in total. The fraction of sp³-hybridized carbons (Fsp3) is 0.649. The summed E-state index contributed by atoms with van der Waals surface area (Å²) in [6.45, 7) is 35.3. The minimum Gasteiger partial charge on any atom is -0.478 e. The van der Waals surface area contributed by atoms with Crippen LogP contribution in [0, 0.1) is 34.3 Å². The maximum atomic E-state index is 14.3. The van der Waals surface area contributed by atoms with Crippen LogP contribution in [-0.2, 0) is 19.2 Å². The number of carbonyl (C=O) groups excluding carboxylic acids is 4. The number of nitrogens with zero attached hydrogens (tertiary/aromatic N) is 16. The molecular formula is C74H114F2N16O10. The van der Waals surface area contributed by atoms with E-state index in [4.69, 9.17) is 19.7 Å². The number of carboxylic acids is 2. The minimum atomic E-state index is -1.26. The Hall–Kier alpha value is -8.08. The summed E-state index contributed by atoms with van der Waals surface area (Å²) in [5, 5.41) is 32.1. The highest BCUT2D eigenvalue weighted by atomic mass is 19.1. The van der Waals surface area contributed by atoms with Gasteiger partial charge in [0.2, 0.25) is 11.8 Å². The lowest BCUT2D eigenvalue weighted by molar-refractivity contribution is -0.134. The van der Waals surface area contributed by atoms with Crippen LogP contribution in [0.1, 0.15) is 155 Å². The zero-order valence-corrected chi connectivity index (χ0v) is 63.6. The first kappa shape index (κ1) is 82.9. The number of hydrogen-bond donors (Lipinski definition) is 2. The summed E-state index contributed by atoms with van der Waals surface area (Å²) in [5.74, 6) is -0.677. The highest BCUT2D eigenvalue weighted by Gasteiger charge is 2.52. The number of anilines is 2. The molecule has 4 aliphatic rings. The van der Waals surface area contributed by atoms with Crippen molar-refractivity contribution < 1.29 is 57.2 Å². The minimum absolute atomic E-state index is 0.0504. The number of carboxylic acid groups (broad SMARTS) is 2. The molecule has 2 aromatic heterocycles. The Morgan fingerprint density at radius 2 is 0.902 bits per heavy atom. The van der Waals surface area contributed by atoms with Gasteiger partial charge >= 0.3 is 11.9 Å². The maximum Gasteiger partial charge on any atom is 0.328 e. The van der Waals surface area contributed by atoms with Crippen LogP contribution in [0.3, 0.4) is 0 Å². The van der Waals surface area contributed by atoms with Crippen LogP contribution < -0.4 is 19.3 Å². The summed E-state index contributed by atoms with van der Waals surface area (Å²) in [5.41, 5.74) is 0.630. The number of benzene rings is 2. The van der Waals surface area contributed by atoms with Gasteiger partial charge in [-0.1, -0.05) is 27.7 Å². The van der Waals surface area contributed by atoms with E-state index in [1.54, 1.807) is 19.6 Å². The molecule has 8 rings (SSSR count). The van der Waals surface area contributed by atoms with E-state index in [1.807, 2.05) is 69.7 Å². The summed E-state index contributed by atoms with van der Waals surface area (Å²) in [7, 11) is 11.5. The zero-order chi connectivity index (χ0) is 75.5. The first-order valence-corrected chi connectivity index (χ1v) is 36.0. The molecule has 0 unspecified atom stereocenters. The monoisotopic (exact) mass is 1420 g/mol. The standard InChI is InChI=1S/2C35H55FN8O3.C4H4O4/c2*1-10-44(25(4)5)34(46)28-19-27(36)13-14-30(28)47-33-32(37-23-38-39-33)42-17-15-35(20-42)21-43(22-35)29(24(2)3)12-11-16-41(9)26(6)18-31(45)40(7)8;5-3(6)1-2-4(7)8/h2*13-14,19,23-26,29H,10-12,15-18,20-22H2,1-9H3;1-2H,(H,5,6)(H,7,8)/b;;2-1+/t2*26-,29-;/m11./s1. The molecule has 4 aromatic rings.